The molecule has 0 saturated carbocycles. The number of hydrogen-bond acceptors (Lipinski definition) is 2. The van der Waals surface area contributed by atoms with Gasteiger partial charge in [0.15, 0.2) is 0 Å². The molecule has 6 atom stereocenters. The van der Waals surface area contributed by atoms with Crippen LogP contribution in [-0.2, 0) is 230 Å². The van der Waals surface area contributed by atoms with Crippen molar-refractivity contribution in [2.24, 2.45) is 0 Å². The SMILES string of the molecule is CCC.O.O.P.P.[CH2-]CP.[CH2-]N(CP)CP.[CH2-]N([CH2-])CP.[Cu+].[Cu+].[Y].[Y].[Y].[Y].[Y].[Y]. The second-order valence-corrected chi connectivity index (χ2v) is 4.56. The van der Waals surface area contributed by atoms with Crippen molar-refractivity contribution >= 4 is 56.8 Å². The van der Waals surface area contributed by atoms with Gasteiger partial charge < -0.3 is 41.8 Å². The van der Waals surface area contributed by atoms with E-state index in [1.807, 2.05) is 4.90 Å². The van der Waals surface area contributed by atoms with Crippen LogP contribution in [0.2, 0.25) is 0 Å². The molecule has 0 spiro atoms. The molecule has 0 aliphatic heterocycles. The van der Waals surface area contributed by atoms with Gasteiger partial charge in [-0.15, -0.1) is 27.7 Å². The number of nitrogens with zero attached hydrogens (tertiary/aromatic N) is 2. The molecule has 6 unspecified atom stereocenters. The van der Waals surface area contributed by atoms with E-state index >= 15 is 0 Å². The largest absolute Gasteiger partial charge is 1.00 e. The van der Waals surface area contributed by atoms with Crippen molar-refractivity contribution in [3.63, 3.8) is 0 Å². The summed E-state index contributed by atoms with van der Waals surface area (Å²) >= 11 is 0. The quantitative estimate of drug-likeness (QED) is 0.247. The van der Waals surface area contributed by atoms with Gasteiger partial charge >= 0.3 is 34.1 Å². The van der Waals surface area contributed by atoms with E-state index < -0.39 is 0 Å². The smallest absolute Gasteiger partial charge is 0.607 e. The van der Waals surface area contributed by atoms with Gasteiger partial charge in [-0.05, 0) is 18.9 Å². The minimum absolute atomic E-state index is 0. The van der Waals surface area contributed by atoms with Crippen molar-refractivity contribution in [3.05, 3.63) is 28.1 Å². The second kappa shape index (κ2) is 118. The molecule has 0 fully saturated rings. The Balaban J connectivity index is -0.00000000499. The molecule has 4 N–H and O–H groups in total. The van der Waals surface area contributed by atoms with Gasteiger partial charge in [-0.1, -0.05) is 20.3 Å². The average Bonchev–Trinajstić information content (AvgIpc) is 2.30. The minimum atomic E-state index is 0. The van der Waals surface area contributed by atoms with Gasteiger partial charge in [0.25, 0.3) is 0 Å². The first kappa shape index (κ1) is 106. The van der Waals surface area contributed by atoms with E-state index in [9.17, 15) is 0 Å². The molecular weight excluding hydrogens is 1040 g/mol. The Morgan fingerprint density at radius 3 is 0.724 bits per heavy atom. The van der Waals surface area contributed by atoms with E-state index in [2.05, 4.69) is 78.9 Å². The van der Waals surface area contributed by atoms with Crippen LogP contribution in [-0.4, -0.2) is 45.8 Å². The summed E-state index contributed by atoms with van der Waals surface area (Å²) in [6.07, 6.45) is 4.90. The molecule has 0 aromatic rings. The Kier molecular flexibility index (Phi) is 432. The van der Waals surface area contributed by atoms with Gasteiger partial charge in [-0.2, -0.15) is 35.2 Å². The van der Waals surface area contributed by atoms with E-state index in [-0.39, 0.29) is 261 Å². The zero-order valence-corrected chi connectivity index (χ0v) is 44.4. The summed E-state index contributed by atoms with van der Waals surface area (Å²) in [7, 11) is 20.7. The topological polar surface area (TPSA) is 69.5 Å². The van der Waals surface area contributed by atoms with Crippen LogP contribution < -0.4 is 0 Å². The minimum Gasteiger partial charge on any atom is -0.607 e. The molecule has 0 saturated heterocycles. The molecule has 0 aromatic carbocycles. The molecule has 29 heavy (non-hydrogen) atoms. The molecule has 0 rings (SSSR count). The summed E-state index contributed by atoms with van der Waals surface area (Å²) in [4.78, 5) is 3.51. The first-order chi connectivity index (χ1) is 7.91. The fourth-order valence-electron chi connectivity index (χ4n) is 0.0745. The molecule has 0 aromatic heterocycles. The molecule has 0 heterocycles. The zero-order chi connectivity index (χ0) is 14.7. The Labute approximate surface area is 372 Å². The summed E-state index contributed by atoms with van der Waals surface area (Å²) in [5.74, 6) is 0. The normalized spacial score (nSPS) is 4.97. The van der Waals surface area contributed by atoms with Crippen LogP contribution in [0.15, 0.2) is 0 Å². The fraction of sp³-hybridized carbons (Fsp3) is 0.636. The Morgan fingerprint density at radius 2 is 0.724 bits per heavy atom. The average molecular weight is 1080 g/mol. The Hall–Kier alpha value is 10.1. The summed E-state index contributed by atoms with van der Waals surface area (Å²) in [6, 6.07) is 0. The van der Waals surface area contributed by atoms with Crippen LogP contribution >= 0.6 is 56.8 Å². The molecule has 0 bridgehead atoms. The number of rotatable bonds is 3. The van der Waals surface area contributed by atoms with Crippen LogP contribution in [0.3, 0.4) is 0 Å². The van der Waals surface area contributed by atoms with Crippen LogP contribution in [0.1, 0.15) is 20.3 Å². The summed E-state index contributed by atoms with van der Waals surface area (Å²) < 4.78 is 0. The van der Waals surface area contributed by atoms with Crippen molar-refractivity contribution in [1.29, 1.82) is 0 Å². The summed E-state index contributed by atoms with van der Waals surface area (Å²) in [6.45, 7) is 7.70. The van der Waals surface area contributed by atoms with Crippen LogP contribution in [0, 0.1) is 28.1 Å². The van der Waals surface area contributed by atoms with Gasteiger partial charge in [0.1, 0.15) is 0 Å². The summed E-state index contributed by atoms with van der Waals surface area (Å²) in [5, 5.41) is 0. The van der Waals surface area contributed by atoms with Crippen molar-refractivity contribution < 1.29 is 241 Å². The van der Waals surface area contributed by atoms with E-state index in [0.717, 1.165) is 25.0 Å². The maximum absolute atomic E-state index is 3.67. The van der Waals surface area contributed by atoms with Crippen LogP contribution in [0.4, 0.5) is 0 Å². The van der Waals surface area contributed by atoms with E-state index in [4.69, 9.17) is 0 Å². The Morgan fingerprint density at radius 1 is 0.621 bits per heavy atom. The van der Waals surface area contributed by atoms with Gasteiger partial charge in [0.2, 0.25) is 0 Å². The van der Waals surface area contributed by atoms with Crippen LogP contribution in [0.25, 0.3) is 0 Å². The Bertz CT molecular complexity index is 134. The van der Waals surface area contributed by atoms with Crippen molar-refractivity contribution in [2.75, 3.05) is 25.0 Å². The fourth-order valence-corrected chi connectivity index (χ4v) is 0.671. The van der Waals surface area contributed by atoms with Crippen molar-refractivity contribution in [3.8, 4) is 0 Å². The van der Waals surface area contributed by atoms with Gasteiger partial charge in [0.05, 0.1) is 0 Å². The number of hydrogen-bond donors (Lipinski definition) is 0. The third-order valence-electron chi connectivity index (χ3n) is 0.775. The molecule has 180 valence electrons. The molecule has 4 nitrogen and oxygen atoms in total. The molecule has 18 heteroatoms. The van der Waals surface area contributed by atoms with Gasteiger partial charge in [-0.3, -0.25) is 7.05 Å². The monoisotopic (exact) mass is 1080 g/mol. The second-order valence-electron chi connectivity index (χ2n) is 2.89. The predicted molar refractivity (Wildman–Crippen MR) is 129 cm³/mol. The molecule has 0 amide bonds. The van der Waals surface area contributed by atoms with Gasteiger partial charge in [0, 0.05) is 196 Å². The van der Waals surface area contributed by atoms with E-state index in [1.54, 1.807) is 4.90 Å². The maximum Gasteiger partial charge on any atom is 1.00 e. The molecule has 0 aliphatic carbocycles. The first-order valence-corrected chi connectivity index (χ1v) is 8.71. The molecular formula is C11H42Cu2N2O2P6Y6-2. The third kappa shape index (κ3) is 192. The van der Waals surface area contributed by atoms with E-state index in [0.29, 0.717) is 0 Å². The molecule has 6 radical (unpaired) electrons. The standard InChI is InChI=1S/C3H10NP2.C3H8NP.C3H8.C2H6P.2Cu.2H2O.2H3P.6Y/c1-4(2-5)3-6;1-4(2)3-5;1-3-2;1-2-3;;;;;;;;;;;;/h1-3,5-6H2;1-3,5H2;3H2,1-2H3;1-3H2;;;2*1H2;2*1H3;;;;;;/q-1;-2;;-1;2*+1;;;;;;;;;;. The zero-order valence-electron chi connectivity index (χ0n) is 18.0. The van der Waals surface area contributed by atoms with Crippen LogP contribution in [0.5, 0.6) is 0 Å². The van der Waals surface area contributed by atoms with Crippen molar-refractivity contribution in [1.82, 2.24) is 9.80 Å². The summed E-state index contributed by atoms with van der Waals surface area (Å²) in [5.41, 5.74) is 0. The molecule has 0 aliphatic rings. The van der Waals surface area contributed by atoms with Crippen molar-refractivity contribution in [2.45, 2.75) is 20.3 Å². The first-order valence-electron chi connectivity index (χ1n) is 5.44. The third-order valence-corrected chi connectivity index (χ3v) is 2.32. The maximum atomic E-state index is 3.67. The van der Waals surface area contributed by atoms with E-state index in [1.165, 1.54) is 6.42 Å². The van der Waals surface area contributed by atoms with Gasteiger partial charge in [-0.25, -0.2) is 0 Å². The predicted octanol–water partition coefficient (Wildman–Crippen LogP) is 2.01.